The predicted molar refractivity (Wildman–Crippen MR) is 145 cm³/mol. The first-order valence-corrected chi connectivity index (χ1v) is 14.9. The van der Waals surface area contributed by atoms with E-state index in [0.717, 1.165) is 43.7 Å². The molecule has 1 unspecified atom stereocenters. The molecule has 0 saturated carbocycles. The molecule has 3 saturated heterocycles. The minimum Gasteiger partial charge on any atom is -0.384 e. The number of aliphatic hydroxyl groups is 1. The van der Waals surface area contributed by atoms with Crippen molar-refractivity contribution in [3.8, 4) is 0 Å². The van der Waals surface area contributed by atoms with Gasteiger partial charge in [-0.15, -0.1) is 0 Å². The van der Waals surface area contributed by atoms with E-state index in [1.54, 1.807) is 0 Å². The first-order chi connectivity index (χ1) is 17.6. The summed E-state index contributed by atoms with van der Waals surface area (Å²) >= 11 is 0. The van der Waals surface area contributed by atoms with Crippen LogP contribution in [0.4, 0.5) is 0 Å². The van der Waals surface area contributed by atoms with E-state index in [1.165, 1.54) is 82.9 Å². The summed E-state index contributed by atoms with van der Waals surface area (Å²) in [7, 11) is 0. The van der Waals surface area contributed by atoms with Crippen molar-refractivity contribution >= 4 is 0 Å². The lowest BCUT2D eigenvalue weighted by Crippen LogP contribution is -2.66. The van der Waals surface area contributed by atoms with E-state index in [4.69, 9.17) is 4.98 Å². The lowest BCUT2D eigenvalue weighted by Gasteiger charge is -2.58. The zero-order chi connectivity index (χ0) is 24.6. The topological polar surface area (TPSA) is 52.5 Å². The van der Waals surface area contributed by atoms with Crippen LogP contribution in [0.5, 0.6) is 0 Å². The van der Waals surface area contributed by atoms with Gasteiger partial charge in [-0.3, -0.25) is 14.9 Å². The summed E-state index contributed by atoms with van der Waals surface area (Å²) in [5.41, 5.74) is 2.82. The highest BCUT2D eigenvalue weighted by atomic mass is 16.3. The van der Waals surface area contributed by atoms with Gasteiger partial charge in [0, 0.05) is 42.9 Å². The molecule has 1 N–H and O–H groups in total. The number of piperidine rings is 1. The van der Waals surface area contributed by atoms with Gasteiger partial charge in [0.1, 0.15) is 0 Å². The van der Waals surface area contributed by atoms with Gasteiger partial charge in [0.05, 0.1) is 17.0 Å². The molecule has 5 aliphatic rings. The molecule has 196 valence electrons. The molecule has 6 rings (SSSR count). The van der Waals surface area contributed by atoms with E-state index in [2.05, 4.69) is 33.0 Å². The number of nitrogens with zero attached hydrogens (tertiary/aromatic N) is 4. The van der Waals surface area contributed by atoms with Gasteiger partial charge in [0.25, 0.3) is 0 Å². The molecule has 1 aliphatic carbocycles. The van der Waals surface area contributed by atoms with E-state index in [-0.39, 0.29) is 11.5 Å². The van der Waals surface area contributed by atoms with Crippen molar-refractivity contribution in [2.24, 2.45) is 11.3 Å². The summed E-state index contributed by atoms with van der Waals surface area (Å²) in [4.78, 5) is 14.9. The van der Waals surface area contributed by atoms with Crippen molar-refractivity contribution < 1.29 is 5.11 Å². The van der Waals surface area contributed by atoms with Crippen LogP contribution in [0.15, 0.2) is 36.2 Å². The maximum absolute atomic E-state index is 12.7. The van der Waals surface area contributed by atoms with Crippen LogP contribution in [0.3, 0.4) is 0 Å². The number of rotatable bonds is 2. The molecule has 3 fully saturated rings. The van der Waals surface area contributed by atoms with Crippen molar-refractivity contribution in [3.05, 3.63) is 47.6 Å². The molecule has 3 bridgehead atoms. The Balaban J connectivity index is 1.45. The Bertz CT molecular complexity index is 973. The fourth-order valence-corrected chi connectivity index (χ4v) is 8.79. The van der Waals surface area contributed by atoms with Gasteiger partial charge in [-0.25, -0.2) is 0 Å². The summed E-state index contributed by atoms with van der Waals surface area (Å²) in [6.07, 6.45) is 26.4. The lowest BCUT2D eigenvalue weighted by atomic mass is 9.54. The normalized spacial score (nSPS) is 39.6. The highest BCUT2D eigenvalue weighted by Gasteiger charge is 2.65. The zero-order valence-electron chi connectivity index (χ0n) is 22.4. The Labute approximate surface area is 218 Å². The third-order valence-electron chi connectivity index (χ3n) is 10.2. The van der Waals surface area contributed by atoms with E-state index < -0.39 is 5.60 Å². The van der Waals surface area contributed by atoms with Gasteiger partial charge in [0.2, 0.25) is 0 Å². The molecule has 36 heavy (non-hydrogen) atoms. The molecule has 0 radical (unpaired) electrons. The molecule has 1 aromatic heterocycles. The fourth-order valence-electron chi connectivity index (χ4n) is 8.79. The third-order valence-corrected chi connectivity index (χ3v) is 10.2. The Kier molecular flexibility index (Phi) is 7.09. The van der Waals surface area contributed by atoms with Crippen LogP contribution < -0.4 is 0 Å². The molecule has 0 aromatic carbocycles. The van der Waals surface area contributed by atoms with E-state index in [0.29, 0.717) is 12.0 Å². The number of fused-ring (bicyclic) bond motifs is 2. The van der Waals surface area contributed by atoms with Crippen molar-refractivity contribution in [1.82, 2.24) is 19.8 Å². The van der Waals surface area contributed by atoms with Crippen molar-refractivity contribution in [2.45, 2.75) is 108 Å². The van der Waals surface area contributed by atoms with E-state index in [1.807, 2.05) is 19.3 Å². The largest absolute Gasteiger partial charge is 0.384 e. The SMILES string of the molecule is Cc1cnc(CC2=C[C@@]3(O)CCC=CCCCCN4CC[C@@H]2[C@]2(C[C@@H]5CCCCCCN5[C@H]23)C4)cn1. The number of hydrogen-bond acceptors (Lipinski definition) is 5. The van der Waals surface area contributed by atoms with Crippen LogP contribution in [-0.4, -0.2) is 68.7 Å². The molecule has 0 amide bonds. The van der Waals surface area contributed by atoms with Crippen LogP contribution in [0.25, 0.3) is 0 Å². The zero-order valence-corrected chi connectivity index (χ0v) is 22.4. The van der Waals surface area contributed by atoms with Gasteiger partial charge in [-0.05, 0) is 90.3 Å². The van der Waals surface area contributed by atoms with Gasteiger partial charge < -0.3 is 10.0 Å². The highest BCUT2D eigenvalue weighted by Crippen LogP contribution is 2.60. The standard InChI is InChI=1S/C31H46N4O/c1-24-21-33-26(22-32-24)18-25-19-31(36)14-9-5-2-3-6-10-15-34-17-13-28(25)30(23-34)20-27-12-8-4-7-11-16-35(27)29(30)31/h2,5,19,21-22,27-29,36H,3-4,6-18,20,23H2,1H3/t27-,28-,29+,30-,31-/m0/s1. The summed E-state index contributed by atoms with van der Waals surface area (Å²) < 4.78 is 0. The smallest absolute Gasteiger partial charge is 0.0994 e. The molecule has 4 aliphatic heterocycles. The lowest BCUT2D eigenvalue weighted by molar-refractivity contribution is -0.0983. The Morgan fingerprint density at radius 3 is 2.69 bits per heavy atom. The monoisotopic (exact) mass is 490 g/mol. The van der Waals surface area contributed by atoms with Crippen molar-refractivity contribution in [3.63, 3.8) is 0 Å². The second-order valence-corrected chi connectivity index (χ2v) is 12.6. The van der Waals surface area contributed by atoms with Crippen molar-refractivity contribution in [2.75, 3.05) is 26.2 Å². The summed E-state index contributed by atoms with van der Waals surface area (Å²) in [5.74, 6) is 0.538. The molecule has 1 spiro atoms. The molecular formula is C31H46N4O. The van der Waals surface area contributed by atoms with E-state index in [9.17, 15) is 5.11 Å². The number of aromatic nitrogens is 2. The first kappa shape index (κ1) is 24.8. The van der Waals surface area contributed by atoms with Gasteiger partial charge >= 0.3 is 0 Å². The van der Waals surface area contributed by atoms with Gasteiger partial charge in [-0.1, -0.05) is 43.1 Å². The minimum atomic E-state index is -0.778. The van der Waals surface area contributed by atoms with Gasteiger partial charge in [0.15, 0.2) is 0 Å². The summed E-state index contributed by atoms with van der Waals surface area (Å²) in [6, 6.07) is 0.863. The number of aryl methyl sites for hydroxylation is 1. The molecule has 1 aromatic rings. The van der Waals surface area contributed by atoms with Crippen molar-refractivity contribution in [1.29, 1.82) is 0 Å². The maximum Gasteiger partial charge on any atom is 0.0994 e. The predicted octanol–water partition coefficient (Wildman–Crippen LogP) is 5.23. The van der Waals surface area contributed by atoms with Crippen LogP contribution in [0.2, 0.25) is 0 Å². The summed E-state index contributed by atoms with van der Waals surface area (Å²) in [5, 5.41) is 12.7. The van der Waals surface area contributed by atoms with E-state index >= 15 is 0 Å². The summed E-state index contributed by atoms with van der Waals surface area (Å²) in [6.45, 7) is 6.72. The molecule has 6 atom stereocenters. The maximum atomic E-state index is 12.7. The molecule has 5 nitrogen and oxygen atoms in total. The highest BCUT2D eigenvalue weighted by molar-refractivity contribution is 5.35. The van der Waals surface area contributed by atoms with Crippen LogP contribution in [0.1, 0.15) is 88.4 Å². The average molecular weight is 491 g/mol. The van der Waals surface area contributed by atoms with Crippen LogP contribution in [0, 0.1) is 18.3 Å². The Morgan fingerprint density at radius 2 is 1.81 bits per heavy atom. The molecule has 5 heterocycles. The number of allylic oxidation sites excluding steroid dienone is 3. The second kappa shape index (κ2) is 10.3. The average Bonchev–Trinajstić information content (AvgIpc) is 3.14. The molecular weight excluding hydrogens is 444 g/mol. The quantitative estimate of drug-likeness (QED) is 0.575. The fraction of sp³-hybridized carbons (Fsp3) is 0.742. The molecule has 5 heteroatoms. The van der Waals surface area contributed by atoms with Gasteiger partial charge in [-0.2, -0.15) is 0 Å². The Hall–Kier alpha value is -1.56. The first-order valence-electron chi connectivity index (χ1n) is 14.9. The second-order valence-electron chi connectivity index (χ2n) is 12.6. The van der Waals surface area contributed by atoms with Crippen LogP contribution >= 0.6 is 0 Å². The Morgan fingerprint density at radius 1 is 0.944 bits per heavy atom. The number of hydrogen-bond donors (Lipinski definition) is 1. The third kappa shape index (κ3) is 4.61. The minimum absolute atomic E-state index is 0.141. The van der Waals surface area contributed by atoms with Crippen LogP contribution in [-0.2, 0) is 6.42 Å².